The summed E-state index contributed by atoms with van der Waals surface area (Å²) in [6, 6.07) is 13.7. The Balaban J connectivity index is 1.85. The van der Waals surface area contributed by atoms with Gasteiger partial charge in [0.2, 0.25) is 0 Å². The Hall–Kier alpha value is -2.93. The molecule has 1 aromatic carbocycles. The third-order valence-corrected chi connectivity index (χ3v) is 4.63. The molecule has 0 aliphatic carbocycles. The quantitative estimate of drug-likeness (QED) is 0.627. The van der Waals surface area contributed by atoms with Crippen molar-refractivity contribution >= 4 is 23.2 Å². The minimum absolute atomic E-state index is 0.271. The van der Waals surface area contributed by atoms with Crippen LogP contribution in [0.15, 0.2) is 54.0 Å². The van der Waals surface area contributed by atoms with Gasteiger partial charge in [-0.3, -0.25) is 9.48 Å². The third-order valence-electron chi connectivity index (χ3n) is 3.75. The van der Waals surface area contributed by atoms with Gasteiger partial charge in [-0.2, -0.15) is 5.10 Å². The van der Waals surface area contributed by atoms with Crippen LogP contribution in [0.25, 0.3) is 10.6 Å². The highest BCUT2D eigenvalue weighted by molar-refractivity contribution is 7.13. The standard InChI is InChI=1S/C19H19N3O3S/c1-21(2)17(23)13-25-19(24)15-12-22(11-14-7-4-3-5-8-14)20-18(15)16-9-6-10-26-16/h3-10,12H,11,13H2,1-2H3. The number of amides is 1. The molecule has 2 heterocycles. The first-order chi connectivity index (χ1) is 12.5. The molecule has 0 atom stereocenters. The summed E-state index contributed by atoms with van der Waals surface area (Å²) in [6.45, 7) is 0.253. The number of hydrogen-bond donors (Lipinski definition) is 0. The van der Waals surface area contributed by atoms with Crippen LogP contribution in [-0.4, -0.2) is 47.3 Å². The molecule has 134 valence electrons. The Morgan fingerprint density at radius 2 is 1.92 bits per heavy atom. The first-order valence-corrected chi connectivity index (χ1v) is 8.95. The average Bonchev–Trinajstić information content (AvgIpc) is 3.29. The van der Waals surface area contributed by atoms with Crippen molar-refractivity contribution in [3.8, 4) is 10.6 Å². The maximum absolute atomic E-state index is 12.5. The number of carbonyl (C=O) groups is 2. The fourth-order valence-electron chi connectivity index (χ4n) is 2.35. The molecule has 3 aromatic rings. The Labute approximate surface area is 155 Å². The summed E-state index contributed by atoms with van der Waals surface area (Å²) in [5, 5.41) is 6.49. The van der Waals surface area contributed by atoms with Gasteiger partial charge >= 0.3 is 5.97 Å². The number of thiophene rings is 1. The summed E-state index contributed by atoms with van der Waals surface area (Å²) in [7, 11) is 3.23. The molecule has 26 heavy (non-hydrogen) atoms. The van der Waals surface area contributed by atoms with Gasteiger partial charge in [0.05, 0.1) is 11.4 Å². The number of ether oxygens (including phenoxy) is 1. The van der Waals surface area contributed by atoms with Gasteiger partial charge in [0.25, 0.3) is 5.91 Å². The molecule has 0 spiro atoms. The summed E-state index contributed by atoms with van der Waals surface area (Å²) >= 11 is 1.50. The zero-order valence-electron chi connectivity index (χ0n) is 14.6. The molecule has 6 nitrogen and oxygen atoms in total. The van der Waals surface area contributed by atoms with Crippen LogP contribution >= 0.6 is 11.3 Å². The number of esters is 1. The lowest BCUT2D eigenvalue weighted by Gasteiger charge is -2.10. The van der Waals surface area contributed by atoms with Gasteiger partial charge in [0.1, 0.15) is 11.3 Å². The van der Waals surface area contributed by atoms with Crippen molar-refractivity contribution in [1.82, 2.24) is 14.7 Å². The van der Waals surface area contributed by atoms with E-state index in [2.05, 4.69) is 5.10 Å². The molecular weight excluding hydrogens is 350 g/mol. The van der Waals surface area contributed by atoms with Gasteiger partial charge in [0, 0.05) is 20.3 Å². The lowest BCUT2D eigenvalue weighted by atomic mass is 10.2. The minimum Gasteiger partial charge on any atom is -0.452 e. The topological polar surface area (TPSA) is 64.4 Å². The number of likely N-dealkylation sites (N-methyl/N-ethyl adjacent to an activating group) is 1. The van der Waals surface area contributed by atoms with Crippen molar-refractivity contribution in [3.05, 3.63) is 65.2 Å². The number of benzene rings is 1. The lowest BCUT2D eigenvalue weighted by Crippen LogP contribution is -2.27. The lowest BCUT2D eigenvalue weighted by molar-refractivity contribution is -0.131. The smallest absolute Gasteiger partial charge is 0.342 e. The second-order valence-corrected chi connectivity index (χ2v) is 6.86. The van der Waals surface area contributed by atoms with Crippen LogP contribution in [-0.2, 0) is 16.1 Å². The second kappa shape index (κ2) is 7.97. The molecular formula is C19H19N3O3S. The molecule has 0 aliphatic heterocycles. The van der Waals surface area contributed by atoms with Gasteiger partial charge < -0.3 is 9.64 Å². The maximum atomic E-state index is 12.5. The van der Waals surface area contributed by atoms with E-state index < -0.39 is 5.97 Å². The monoisotopic (exact) mass is 369 g/mol. The molecule has 0 saturated heterocycles. The van der Waals surface area contributed by atoms with E-state index in [1.807, 2.05) is 47.8 Å². The molecule has 0 fully saturated rings. The van der Waals surface area contributed by atoms with E-state index in [4.69, 9.17) is 4.74 Å². The van der Waals surface area contributed by atoms with E-state index in [0.29, 0.717) is 17.8 Å². The zero-order chi connectivity index (χ0) is 18.5. The Morgan fingerprint density at radius 3 is 2.58 bits per heavy atom. The van der Waals surface area contributed by atoms with Gasteiger partial charge in [-0.05, 0) is 17.0 Å². The molecule has 0 N–H and O–H groups in total. The van der Waals surface area contributed by atoms with Crippen LogP contribution in [0.5, 0.6) is 0 Å². The van der Waals surface area contributed by atoms with Crippen molar-refractivity contribution in [2.24, 2.45) is 0 Å². The zero-order valence-corrected chi connectivity index (χ0v) is 15.4. The van der Waals surface area contributed by atoms with Crippen LogP contribution in [0.3, 0.4) is 0 Å². The minimum atomic E-state index is -0.553. The summed E-state index contributed by atoms with van der Waals surface area (Å²) in [4.78, 5) is 26.4. The SMILES string of the molecule is CN(C)C(=O)COC(=O)c1cn(Cc2ccccc2)nc1-c1cccs1. The normalized spacial score (nSPS) is 10.5. The molecule has 0 aliphatic rings. The first kappa shape index (κ1) is 17.9. The van der Waals surface area contributed by atoms with Gasteiger partial charge in [-0.25, -0.2) is 4.79 Å². The molecule has 1 amide bonds. The van der Waals surface area contributed by atoms with Crippen LogP contribution in [0.1, 0.15) is 15.9 Å². The van der Waals surface area contributed by atoms with Crippen LogP contribution in [0.4, 0.5) is 0 Å². The largest absolute Gasteiger partial charge is 0.452 e. The molecule has 0 bridgehead atoms. The molecule has 0 unspecified atom stereocenters. The van der Waals surface area contributed by atoms with Gasteiger partial charge in [-0.1, -0.05) is 36.4 Å². The van der Waals surface area contributed by atoms with Gasteiger partial charge in [-0.15, -0.1) is 11.3 Å². The van der Waals surface area contributed by atoms with Crippen LogP contribution in [0.2, 0.25) is 0 Å². The maximum Gasteiger partial charge on any atom is 0.342 e. The van der Waals surface area contributed by atoms with E-state index >= 15 is 0 Å². The highest BCUT2D eigenvalue weighted by atomic mass is 32.1. The van der Waals surface area contributed by atoms with Crippen molar-refractivity contribution < 1.29 is 14.3 Å². The number of aromatic nitrogens is 2. The van der Waals surface area contributed by atoms with Gasteiger partial charge in [0.15, 0.2) is 6.61 Å². The van der Waals surface area contributed by atoms with E-state index in [1.165, 1.54) is 16.2 Å². The van der Waals surface area contributed by atoms with Crippen molar-refractivity contribution in [1.29, 1.82) is 0 Å². The summed E-state index contributed by atoms with van der Waals surface area (Å²) in [5.41, 5.74) is 2.00. The van der Waals surface area contributed by atoms with Crippen LogP contribution in [0, 0.1) is 0 Å². The summed E-state index contributed by atoms with van der Waals surface area (Å²) in [5.74, 6) is -0.824. The highest BCUT2D eigenvalue weighted by Gasteiger charge is 2.21. The average molecular weight is 369 g/mol. The molecule has 3 rings (SSSR count). The Kier molecular flexibility index (Phi) is 5.48. The first-order valence-electron chi connectivity index (χ1n) is 8.07. The van der Waals surface area contributed by atoms with E-state index in [-0.39, 0.29) is 12.5 Å². The number of rotatable bonds is 6. The fourth-order valence-corrected chi connectivity index (χ4v) is 3.07. The van der Waals surface area contributed by atoms with E-state index in [0.717, 1.165) is 10.4 Å². The molecule has 0 radical (unpaired) electrons. The summed E-state index contributed by atoms with van der Waals surface area (Å²) < 4.78 is 6.89. The summed E-state index contributed by atoms with van der Waals surface area (Å²) in [6.07, 6.45) is 1.67. The van der Waals surface area contributed by atoms with E-state index in [9.17, 15) is 9.59 Å². The highest BCUT2D eigenvalue weighted by Crippen LogP contribution is 2.27. The number of carbonyl (C=O) groups excluding carboxylic acids is 2. The van der Waals surface area contributed by atoms with E-state index in [1.54, 1.807) is 25.0 Å². The molecule has 7 heteroatoms. The predicted octanol–water partition coefficient (Wildman–Crippen LogP) is 2.90. The number of nitrogens with zero attached hydrogens (tertiary/aromatic N) is 3. The fraction of sp³-hybridized carbons (Fsp3) is 0.211. The van der Waals surface area contributed by atoms with Crippen LogP contribution < -0.4 is 0 Å². The Morgan fingerprint density at radius 1 is 1.15 bits per heavy atom. The Bertz CT molecular complexity index is 886. The third kappa shape index (κ3) is 4.18. The number of hydrogen-bond acceptors (Lipinski definition) is 5. The second-order valence-electron chi connectivity index (χ2n) is 5.92. The molecule has 2 aromatic heterocycles. The molecule has 0 saturated carbocycles. The van der Waals surface area contributed by atoms with Crippen molar-refractivity contribution in [3.63, 3.8) is 0 Å². The predicted molar refractivity (Wildman–Crippen MR) is 100 cm³/mol. The van der Waals surface area contributed by atoms with Crippen molar-refractivity contribution in [2.45, 2.75) is 6.54 Å². The van der Waals surface area contributed by atoms with Crippen molar-refractivity contribution in [2.75, 3.05) is 20.7 Å².